The summed E-state index contributed by atoms with van der Waals surface area (Å²) in [6, 6.07) is 11.6. The average Bonchev–Trinajstić information content (AvgIpc) is 2.57. The van der Waals surface area contributed by atoms with Gasteiger partial charge >= 0.3 is 0 Å². The third kappa shape index (κ3) is 3.04. The van der Waals surface area contributed by atoms with Crippen LogP contribution in [0.15, 0.2) is 46.4 Å². The highest BCUT2D eigenvalue weighted by Gasteiger charge is 2.21. The van der Waals surface area contributed by atoms with Gasteiger partial charge in [-0.15, -0.1) is 0 Å². The van der Waals surface area contributed by atoms with E-state index in [1.54, 1.807) is 14.2 Å². The molecule has 118 valence electrons. The number of hydrogen-bond donors (Lipinski definition) is 0. The van der Waals surface area contributed by atoms with Crippen molar-refractivity contribution in [1.29, 1.82) is 0 Å². The SMILES string of the molecule is COc1cc(/C=C2/CCc3ccccc3C2=O)cc(Br)c1OC. The fourth-order valence-corrected chi connectivity index (χ4v) is 3.50. The number of ether oxygens (including phenoxy) is 2. The number of halogens is 1. The van der Waals surface area contributed by atoms with E-state index in [4.69, 9.17) is 9.47 Å². The van der Waals surface area contributed by atoms with Gasteiger partial charge in [0.15, 0.2) is 17.3 Å². The second-order valence-corrected chi connectivity index (χ2v) is 6.25. The van der Waals surface area contributed by atoms with Gasteiger partial charge in [-0.3, -0.25) is 4.79 Å². The van der Waals surface area contributed by atoms with Gasteiger partial charge in [0.1, 0.15) is 0 Å². The zero-order valence-corrected chi connectivity index (χ0v) is 14.6. The fourth-order valence-electron chi connectivity index (χ4n) is 2.88. The van der Waals surface area contributed by atoms with Gasteiger partial charge in [-0.25, -0.2) is 0 Å². The van der Waals surface area contributed by atoms with Crippen molar-refractivity contribution in [2.24, 2.45) is 0 Å². The zero-order valence-electron chi connectivity index (χ0n) is 13.1. The maximum absolute atomic E-state index is 12.6. The second kappa shape index (κ2) is 6.59. The van der Waals surface area contributed by atoms with Crippen molar-refractivity contribution >= 4 is 27.8 Å². The summed E-state index contributed by atoms with van der Waals surface area (Å²) in [5.74, 6) is 1.39. The van der Waals surface area contributed by atoms with Crippen molar-refractivity contribution in [2.75, 3.05) is 14.2 Å². The number of carbonyl (C=O) groups excluding carboxylic acids is 1. The third-order valence-corrected chi connectivity index (χ3v) is 4.60. The molecule has 2 aromatic rings. The minimum atomic E-state index is 0.109. The monoisotopic (exact) mass is 372 g/mol. The van der Waals surface area contributed by atoms with Crippen LogP contribution in [0.25, 0.3) is 6.08 Å². The second-order valence-electron chi connectivity index (χ2n) is 5.39. The van der Waals surface area contributed by atoms with Crippen molar-refractivity contribution in [2.45, 2.75) is 12.8 Å². The predicted octanol–water partition coefficient (Wildman–Crippen LogP) is 4.68. The van der Waals surface area contributed by atoms with Gasteiger partial charge in [-0.2, -0.15) is 0 Å². The minimum Gasteiger partial charge on any atom is -0.493 e. The number of allylic oxidation sites excluding steroid dienone is 1. The molecule has 0 saturated carbocycles. The van der Waals surface area contributed by atoms with Crippen molar-refractivity contribution in [3.8, 4) is 11.5 Å². The number of rotatable bonds is 3. The standard InChI is InChI=1S/C19H17BrO3/c1-22-17-11-12(10-16(20)19(17)23-2)9-14-8-7-13-5-3-4-6-15(13)18(14)21/h3-6,9-11H,7-8H2,1-2H3/b14-9-. The van der Waals surface area contributed by atoms with Gasteiger partial charge in [0.05, 0.1) is 18.7 Å². The molecule has 1 aliphatic rings. The van der Waals surface area contributed by atoms with E-state index < -0.39 is 0 Å². The lowest BCUT2D eigenvalue weighted by Gasteiger charge is -2.17. The Morgan fingerprint density at radius 2 is 1.87 bits per heavy atom. The topological polar surface area (TPSA) is 35.5 Å². The smallest absolute Gasteiger partial charge is 0.189 e. The summed E-state index contributed by atoms with van der Waals surface area (Å²) in [6.45, 7) is 0. The molecule has 0 heterocycles. The number of ketones is 1. The van der Waals surface area contributed by atoms with Crippen LogP contribution in [0.1, 0.15) is 27.9 Å². The van der Waals surface area contributed by atoms with E-state index in [0.29, 0.717) is 11.5 Å². The maximum atomic E-state index is 12.6. The Labute approximate surface area is 144 Å². The number of methoxy groups -OCH3 is 2. The minimum absolute atomic E-state index is 0.109. The van der Waals surface area contributed by atoms with Gasteiger partial charge in [0.2, 0.25) is 0 Å². The summed E-state index contributed by atoms with van der Waals surface area (Å²) >= 11 is 3.49. The number of Topliss-reactive ketones (excluding diaryl/α,β-unsaturated/α-hetero) is 1. The fraction of sp³-hybridized carbons (Fsp3) is 0.211. The molecule has 0 unspecified atom stereocenters. The zero-order chi connectivity index (χ0) is 16.4. The summed E-state index contributed by atoms with van der Waals surface area (Å²) < 4.78 is 11.5. The van der Waals surface area contributed by atoms with Crippen LogP contribution in [0, 0.1) is 0 Å². The highest BCUT2D eigenvalue weighted by Crippen LogP contribution is 2.37. The Morgan fingerprint density at radius 1 is 1.09 bits per heavy atom. The van der Waals surface area contributed by atoms with Crippen LogP contribution in [0.3, 0.4) is 0 Å². The molecule has 0 aliphatic heterocycles. The van der Waals surface area contributed by atoms with E-state index >= 15 is 0 Å². The molecule has 1 aliphatic carbocycles. The average molecular weight is 373 g/mol. The van der Waals surface area contributed by atoms with Crippen LogP contribution in [0.2, 0.25) is 0 Å². The summed E-state index contributed by atoms with van der Waals surface area (Å²) in [5, 5.41) is 0. The lowest BCUT2D eigenvalue weighted by molar-refractivity contribution is 0.102. The first-order valence-corrected chi connectivity index (χ1v) is 8.18. The highest BCUT2D eigenvalue weighted by molar-refractivity contribution is 9.10. The first-order chi connectivity index (χ1) is 11.1. The summed E-state index contributed by atoms with van der Waals surface area (Å²) in [7, 11) is 3.20. The predicted molar refractivity (Wildman–Crippen MR) is 94.3 cm³/mol. The molecular weight excluding hydrogens is 356 g/mol. The first-order valence-electron chi connectivity index (χ1n) is 7.38. The number of carbonyl (C=O) groups is 1. The summed E-state index contributed by atoms with van der Waals surface area (Å²) in [4.78, 5) is 12.6. The Kier molecular flexibility index (Phi) is 4.53. The third-order valence-electron chi connectivity index (χ3n) is 4.01. The molecule has 0 bridgehead atoms. The van der Waals surface area contributed by atoms with Crippen LogP contribution in [0.4, 0.5) is 0 Å². The molecule has 23 heavy (non-hydrogen) atoms. The lowest BCUT2D eigenvalue weighted by atomic mass is 9.86. The van der Waals surface area contributed by atoms with Crippen molar-refractivity contribution in [1.82, 2.24) is 0 Å². The molecule has 0 aromatic heterocycles. The molecule has 2 aromatic carbocycles. The molecule has 0 fully saturated rings. The Bertz CT molecular complexity index is 793. The Balaban J connectivity index is 2.00. The first kappa shape index (κ1) is 15.8. The van der Waals surface area contributed by atoms with E-state index in [0.717, 1.165) is 39.6 Å². The molecule has 0 atom stereocenters. The Morgan fingerprint density at radius 3 is 2.61 bits per heavy atom. The van der Waals surface area contributed by atoms with Gasteiger partial charge in [-0.05, 0) is 58.1 Å². The van der Waals surface area contributed by atoms with E-state index in [-0.39, 0.29) is 5.78 Å². The summed E-state index contributed by atoms with van der Waals surface area (Å²) in [6.07, 6.45) is 3.58. The van der Waals surface area contributed by atoms with Gasteiger partial charge in [0.25, 0.3) is 0 Å². The molecule has 0 spiro atoms. The molecular formula is C19H17BrO3. The van der Waals surface area contributed by atoms with Crippen molar-refractivity contribution < 1.29 is 14.3 Å². The summed E-state index contributed by atoms with van der Waals surface area (Å²) in [5.41, 5.74) is 3.67. The number of aryl methyl sites for hydroxylation is 1. The number of hydrogen-bond acceptors (Lipinski definition) is 3. The normalized spacial score (nSPS) is 15.4. The van der Waals surface area contributed by atoms with E-state index in [9.17, 15) is 4.79 Å². The molecule has 0 amide bonds. The van der Waals surface area contributed by atoms with Gasteiger partial charge in [0, 0.05) is 11.1 Å². The largest absolute Gasteiger partial charge is 0.493 e. The van der Waals surface area contributed by atoms with Crippen LogP contribution in [0.5, 0.6) is 11.5 Å². The molecule has 3 nitrogen and oxygen atoms in total. The van der Waals surface area contributed by atoms with Crippen LogP contribution < -0.4 is 9.47 Å². The van der Waals surface area contributed by atoms with E-state index in [1.165, 1.54) is 0 Å². The van der Waals surface area contributed by atoms with E-state index in [2.05, 4.69) is 15.9 Å². The molecule has 0 radical (unpaired) electrons. The molecule has 4 heteroatoms. The van der Waals surface area contributed by atoms with Gasteiger partial charge < -0.3 is 9.47 Å². The quantitative estimate of drug-likeness (QED) is 0.733. The van der Waals surface area contributed by atoms with Gasteiger partial charge in [-0.1, -0.05) is 24.3 Å². The van der Waals surface area contributed by atoms with Crippen molar-refractivity contribution in [3.63, 3.8) is 0 Å². The molecule has 3 rings (SSSR count). The van der Waals surface area contributed by atoms with Crippen molar-refractivity contribution in [3.05, 3.63) is 63.1 Å². The number of benzene rings is 2. The van der Waals surface area contributed by atoms with E-state index in [1.807, 2.05) is 42.5 Å². The molecule has 0 saturated heterocycles. The maximum Gasteiger partial charge on any atom is 0.189 e. The van der Waals surface area contributed by atoms with Crippen LogP contribution in [-0.2, 0) is 6.42 Å². The van der Waals surface area contributed by atoms with Crippen LogP contribution >= 0.6 is 15.9 Å². The molecule has 0 N–H and O–H groups in total. The Hall–Kier alpha value is -2.07. The van der Waals surface area contributed by atoms with Crippen LogP contribution in [-0.4, -0.2) is 20.0 Å². The lowest BCUT2D eigenvalue weighted by Crippen LogP contribution is -2.13. The number of fused-ring (bicyclic) bond motifs is 1. The highest BCUT2D eigenvalue weighted by atomic mass is 79.9.